The predicted molar refractivity (Wildman–Crippen MR) is 101 cm³/mol. The summed E-state index contributed by atoms with van der Waals surface area (Å²) in [5.41, 5.74) is 0.654. The number of hydrogen-bond acceptors (Lipinski definition) is 5. The van der Waals surface area contributed by atoms with Gasteiger partial charge in [0.1, 0.15) is 5.75 Å². The third-order valence-corrected chi connectivity index (χ3v) is 4.17. The van der Waals surface area contributed by atoms with Crippen LogP contribution in [0.15, 0.2) is 24.3 Å². The average Bonchev–Trinajstić information content (AvgIpc) is 2.66. The van der Waals surface area contributed by atoms with Crippen LogP contribution >= 0.6 is 0 Å². The Morgan fingerprint density at radius 1 is 0.923 bits per heavy atom. The lowest BCUT2D eigenvalue weighted by molar-refractivity contribution is -0.152. The van der Waals surface area contributed by atoms with E-state index in [0.717, 1.165) is 38.5 Å². The molecule has 1 unspecified atom stereocenters. The number of para-hydroxylation sites is 1. The quantitative estimate of drug-likeness (QED) is 0.377. The van der Waals surface area contributed by atoms with E-state index in [9.17, 15) is 9.59 Å². The largest absolute Gasteiger partial charge is 0.496 e. The highest BCUT2D eigenvalue weighted by Gasteiger charge is 2.28. The van der Waals surface area contributed by atoms with Crippen LogP contribution in [0.5, 0.6) is 5.75 Å². The molecule has 0 radical (unpaired) electrons. The maximum atomic E-state index is 12.6. The molecule has 0 aliphatic rings. The molecule has 0 saturated carbocycles. The van der Waals surface area contributed by atoms with Crippen LogP contribution < -0.4 is 4.74 Å². The van der Waals surface area contributed by atoms with Gasteiger partial charge >= 0.3 is 11.9 Å². The molecule has 1 atom stereocenters. The van der Waals surface area contributed by atoms with Crippen LogP contribution in [0.4, 0.5) is 0 Å². The molecule has 0 heterocycles. The van der Waals surface area contributed by atoms with Gasteiger partial charge in [-0.25, -0.2) is 0 Å². The Balaban J connectivity index is 2.78. The minimum atomic E-state index is -0.716. The van der Waals surface area contributed by atoms with E-state index in [1.807, 2.05) is 12.1 Å². The summed E-state index contributed by atoms with van der Waals surface area (Å²) in [6, 6.07) is 7.22. The molecule has 0 N–H and O–H groups in total. The summed E-state index contributed by atoms with van der Waals surface area (Å²) in [6.45, 7) is 4.93. The molecule has 0 aromatic heterocycles. The van der Waals surface area contributed by atoms with Crippen molar-refractivity contribution in [1.29, 1.82) is 0 Å². The number of methoxy groups -OCH3 is 1. The van der Waals surface area contributed by atoms with Gasteiger partial charge < -0.3 is 14.2 Å². The SMILES string of the molecule is CCCCCOC(=O)CC(C(=O)OCCCCC)c1ccccc1OC. The second kappa shape index (κ2) is 13.2. The van der Waals surface area contributed by atoms with Crippen LogP contribution in [0.2, 0.25) is 0 Å². The molecule has 5 nitrogen and oxygen atoms in total. The van der Waals surface area contributed by atoms with Crippen molar-refractivity contribution in [1.82, 2.24) is 0 Å². The summed E-state index contributed by atoms with van der Waals surface area (Å²) in [5.74, 6) is -0.938. The fraction of sp³-hybridized carbons (Fsp3) is 0.619. The summed E-state index contributed by atoms with van der Waals surface area (Å²) in [4.78, 5) is 24.8. The zero-order chi connectivity index (χ0) is 19.2. The molecule has 1 aromatic carbocycles. The highest BCUT2D eigenvalue weighted by molar-refractivity contribution is 5.85. The molecule has 0 saturated heterocycles. The number of ether oxygens (including phenoxy) is 3. The number of unbranched alkanes of at least 4 members (excludes halogenated alkanes) is 4. The zero-order valence-corrected chi connectivity index (χ0v) is 16.3. The third-order valence-electron chi connectivity index (χ3n) is 4.17. The molecule has 0 aliphatic carbocycles. The number of esters is 2. The van der Waals surface area contributed by atoms with E-state index in [1.165, 1.54) is 0 Å². The normalized spacial score (nSPS) is 11.7. The van der Waals surface area contributed by atoms with Crippen LogP contribution in [-0.2, 0) is 19.1 Å². The van der Waals surface area contributed by atoms with Crippen molar-refractivity contribution in [3.8, 4) is 5.75 Å². The fourth-order valence-electron chi connectivity index (χ4n) is 2.66. The second-order valence-corrected chi connectivity index (χ2v) is 6.30. The predicted octanol–water partition coefficient (Wildman–Crippen LogP) is 4.64. The molecule has 0 fully saturated rings. The third kappa shape index (κ3) is 7.89. The van der Waals surface area contributed by atoms with E-state index in [0.29, 0.717) is 24.5 Å². The molecule has 0 spiro atoms. The first-order valence-corrected chi connectivity index (χ1v) is 9.59. The van der Waals surface area contributed by atoms with Crippen LogP contribution in [0.3, 0.4) is 0 Å². The van der Waals surface area contributed by atoms with Crippen molar-refractivity contribution in [3.05, 3.63) is 29.8 Å². The topological polar surface area (TPSA) is 61.8 Å². The van der Waals surface area contributed by atoms with Crippen molar-refractivity contribution in [3.63, 3.8) is 0 Å². The van der Waals surface area contributed by atoms with Gasteiger partial charge in [-0.1, -0.05) is 57.7 Å². The molecule has 0 amide bonds. The lowest BCUT2D eigenvalue weighted by Gasteiger charge is -2.18. The highest BCUT2D eigenvalue weighted by atomic mass is 16.5. The molecule has 1 aromatic rings. The van der Waals surface area contributed by atoms with Crippen molar-refractivity contribution < 1.29 is 23.8 Å². The maximum absolute atomic E-state index is 12.6. The van der Waals surface area contributed by atoms with Gasteiger partial charge in [0, 0.05) is 5.56 Å². The number of rotatable bonds is 13. The maximum Gasteiger partial charge on any atom is 0.314 e. The van der Waals surface area contributed by atoms with Crippen LogP contribution in [0.25, 0.3) is 0 Å². The summed E-state index contributed by atoms with van der Waals surface area (Å²) in [6.07, 6.45) is 5.75. The minimum Gasteiger partial charge on any atom is -0.496 e. The molecule has 0 aliphatic heterocycles. The van der Waals surface area contributed by atoms with Gasteiger partial charge in [0.15, 0.2) is 0 Å². The standard InChI is InChI=1S/C21H32O5/c1-4-6-10-14-25-20(22)16-18(21(23)26-15-11-7-5-2)17-12-8-9-13-19(17)24-3/h8-9,12-13,18H,4-7,10-11,14-16H2,1-3H3. The van der Waals surface area contributed by atoms with Crippen LogP contribution in [0, 0.1) is 0 Å². The molecular formula is C21H32O5. The van der Waals surface area contributed by atoms with Crippen LogP contribution in [0.1, 0.15) is 70.3 Å². The second-order valence-electron chi connectivity index (χ2n) is 6.30. The van der Waals surface area contributed by atoms with Crippen molar-refractivity contribution in [2.75, 3.05) is 20.3 Å². The number of hydrogen-bond donors (Lipinski definition) is 0. The van der Waals surface area contributed by atoms with E-state index >= 15 is 0 Å². The smallest absolute Gasteiger partial charge is 0.314 e. The Bertz CT molecular complexity index is 541. The fourth-order valence-corrected chi connectivity index (χ4v) is 2.66. The van der Waals surface area contributed by atoms with E-state index in [1.54, 1.807) is 19.2 Å². The van der Waals surface area contributed by atoms with Crippen molar-refractivity contribution in [2.45, 2.75) is 64.7 Å². The summed E-state index contributed by atoms with van der Waals surface area (Å²) < 4.78 is 16.0. The Morgan fingerprint density at radius 2 is 1.54 bits per heavy atom. The highest BCUT2D eigenvalue weighted by Crippen LogP contribution is 2.30. The Labute approximate surface area is 157 Å². The van der Waals surface area contributed by atoms with E-state index in [4.69, 9.17) is 14.2 Å². The average molecular weight is 364 g/mol. The zero-order valence-electron chi connectivity index (χ0n) is 16.3. The van der Waals surface area contributed by atoms with Gasteiger partial charge in [0.25, 0.3) is 0 Å². The van der Waals surface area contributed by atoms with Crippen LogP contribution in [-0.4, -0.2) is 32.3 Å². The van der Waals surface area contributed by atoms with Crippen molar-refractivity contribution in [2.24, 2.45) is 0 Å². The lowest BCUT2D eigenvalue weighted by atomic mass is 9.95. The molecule has 1 rings (SSSR count). The number of carbonyl (C=O) groups excluding carboxylic acids is 2. The van der Waals surface area contributed by atoms with Gasteiger partial charge in [-0.05, 0) is 18.9 Å². The lowest BCUT2D eigenvalue weighted by Crippen LogP contribution is -2.22. The minimum absolute atomic E-state index is 0.0426. The van der Waals surface area contributed by atoms with E-state index in [2.05, 4.69) is 13.8 Å². The summed E-state index contributed by atoms with van der Waals surface area (Å²) in [7, 11) is 1.55. The molecule has 26 heavy (non-hydrogen) atoms. The molecular weight excluding hydrogens is 332 g/mol. The van der Waals surface area contributed by atoms with Gasteiger partial charge in [0.05, 0.1) is 32.7 Å². The van der Waals surface area contributed by atoms with Gasteiger partial charge in [-0.3, -0.25) is 9.59 Å². The van der Waals surface area contributed by atoms with E-state index < -0.39 is 11.9 Å². The van der Waals surface area contributed by atoms with Crippen molar-refractivity contribution >= 4 is 11.9 Å². The van der Waals surface area contributed by atoms with Gasteiger partial charge in [-0.2, -0.15) is 0 Å². The monoisotopic (exact) mass is 364 g/mol. The molecule has 5 heteroatoms. The summed E-state index contributed by atoms with van der Waals surface area (Å²) in [5, 5.41) is 0. The Hall–Kier alpha value is -2.04. The number of carbonyl (C=O) groups is 2. The first kappa shape index (κ1) is 22.0. The van der Waals surface area contributed by atoms with Gasteiger partial charge in [-0.15, -0.1) is 0 Å². The van der Waals surface area contributed by atoms with Gasteiger partial charge in [0.2, 0.25) is 0 Å². The first-order chi connectivity index (χ1) is 12.6. The Kier molecular flexibility index (Phi) is 11.2. The molecule has 146 valence electrons. The van der Waals surface area contributed by atoms with E-state index in [-0.39, 0.29) is 12.4 Å². The molecule has 0 bridgehead atoms. The number of benzene rings is 1. The Morgan fingerprint density at radius 3 is 2.15 bits per heavy atom. The first-order valence-electron chi connectivity index (χ1n) is 9.59. The summed E-state index contributed by atoms with van der Waals surface area (Å²) >= 11 is 0.